The maximum Gasteiger partial charge on any atom is 0.315 e. The van der Waals surface area contributed by atoms with Crippen LogP contribution in [-0.4, -0.2) is 23.8 Å². The minimum Gasteiger partial charge on any atom is -0.393 e. The van der Waals surface area contributed by atoms with Crippen molar-refractivity contribution in [1.82, 2.24) is 10.6 Å². The van der Waals surface area contributed by atoms with Gasteiger partial charge in [0.2, 0.25) is 0 Å². The van der Waals surface area contributed by atoms with Gasteiger partial charge in [-0.2, -0.15) is 0 Å². The van der Waals surface area contributed by atoms with Crippen molar-refractivity contribution in [2.24, 2.45) is 5.92 Å². The van der Waals surface area contributed by atoms with Crippen LogP contribution in [0.4, 0.5) is 9.18 Å². The lowest BCUT2D eigenvalue weighted by atomic mass is 10.0. The number of hydrogen-bond acceptors (Lipinski definition) is 2. The molecule has 1 aromatic carbocycles. The van der Waals surface area contributed by atoms with Crippen LogP contribution in [0.1, 0.15) is 44.2 Å². The lowest BCUT2D eigenvalue weighted by Crippen LogP contribution is -2.39. The maximum absolute atomic E-state index is 13.0. The summed E-state index contributed by atoms with van der Waals surface area (Å²) in [6, 6.07) is 5.98. The minimum absolute atomic E-state index is 0.0679. The van der Waals surface area contributed by atoms with Crippen molar-refractivity contribution in [2.75, 3.05) is 6.54 Å². The molecule has 0 spiro atoms. The molecule has 1 fully saturated rings. The molecule has 1 aliphatic rings. The van der Waals surface area contributed by atoms with E-state index in [-0.39, 0.29) is 24.0 Å². The molecule has 2 rings (SSSR count). The van der Waals surface area contributed by atoms with Crippen LogP contribution in [0.15, 0.2) is 24.3 Å². The zero-order chi connectivity index (χ0) is 15.2. The van der Waals surface area contributed by atoms with Crippen molar-refractivity contribution >= 4 is 6.03 Å². The molecule has 3 N–H and O–H groups in total. The molecule has 1 saturated carbocycles. The number of aliphatic hydroxyl groups excluding tert-OH is 1. The average Bonchev–Trinajstić information content (AvgIpc) is 3.30. The Labute approximate surface area is 124 Å². The predicted octanol–water partition coefficient (Wildman–Crippen LogP) is 2.74. The van der Waals surface area contributed by atoms with Gasteiger partial charge in [-0.05, 0) is 49.3 Å². The van der Waals surface area contributed by atoms with Crippen LogP contribution in [-0.2, 0) is 0 Å². The Morgan fingerprint density at radius 3 is 2.62 bits per heavy atom. The second-order valence-electron chi connectivity index (χ2n) is 5.62. The van der Waals surface area contributed by atoms with Crippen LogP contribution in [0.25, 0.3) is 0 Å². The second-order valence-corrected chi connectivity index (χ2v) is 5.62. The normalized spacial score (nSPS) is 17.1. The van der Waals surface area contributed by atoms with E-state index in [0.717, 1.165) is 18.4 Å². The number of amides is 2. The maximum atomic E-state index is 13.0. The van der Waals surface area contributed by atoms with Gasteiger partial charge >= 0.3 is 6.03 Å². The molecule has 0 aromatic heterocycles. The number of nitrogens with one attached hydrogen (secondary N) is 2. The van der Waals surface area contributed by atoms with E-state index in [0.29, 0.717) is 25.3 Å². The highest BCUT2D eigenvalue weighted by Crippen LogP contribution is 2.40. The highest BCUT2D eigenvalue weighted by Gasteiger charge is 2.33. The molecule has 0 heterocycles. The summed E-state index contributed by atoms with van der Waals surface area (Å²) in [5.41, 5.74) is 0.933. The molecule has 2 atom stereocenters. The first-order valence-corrected chi connectivity index (χ1v) is 7.58. The van der Waals surface area contributed by atoms with Crippen molar-refractivity contribution in [3.63, 3.8) is 0 Å². The molecule has 1 aliphatic carbocycles. The third-order valence-corrected chi connectivity index (χ3v) is 3.84. The monoisotopic (exact) mass is 294 g/mol. The predicted molar refractivity (Wildman–Crippen MR) is 79.3 cm³/mol. The zero-order valence-corrected chi connectivity index (χ0v) is 12.3. The van der Waals surface area contributed by atoms with Crippen molar-refractivity contribution < 1.29 is 14.3 Å². The largest absolute Gasteiger partial charge is 0.393 e. The lowest BCUT2D eigenvalue weighted by molar-refractivity contribution is 0.160. The van der Waals surface area contributed by atoms with Crippen molar-refractivity contribution in [3.8, 4) is 0 Å². The van der Waals surface area contributed by atoms with Gasteiger partial charge in [0.1, 0.15) is 5.82 Å². The van der Waals surface area contributed by atoms with E-state index in [4.69, 9.17) is 0 Å². The smallest absolute Gasteiger partial charge is 0.315 e. The summed E-state index contributed by atoms with van der Waals surface area (Å²) >= 11 is 0. The summed E-state index contributed by atoms with van der Waals surface area (Å²) in [6.07, 6.45) is 3.02. The first-order valence-electron chi connectivity index (χ1n) is 7.58. The molecule has 5 heteroatoms. The summed E-state index contributed by atoms with van der Waals surface area (Å²) < 4.78 is 13.0. The Bertz CT molecular complexity index is 460. The first kappa shape index (κ1) is 15.8. The van der Waals surface area contributed by atoms with E-state index < -0.39 is 0 Å². The van der Waals surface area contributed by atoms with Crippen LogP contribution >= 0.6 is 0 Å². The summed E-state index contributed by atoms with van der Waals surface area (Å²) in [6.45, 7) is 2.35. The van der Waals surface area contributed by atoms with E-state index in [1.807, 2.05) is 6.92 Å². The van der Waals surface area contributed by atoms with Gasteiger partial charge in [0.25, 0.3) is 0 Å². The summed E-state index contributed by atoms with van der Waals surface area (Å²) in [5, 5.41) is 15.2. The minimum atomic E-state index is -0.373. The molecular formula is C16H23FN2O2. The number of carbonyl (C=O) groups excluding carboxylic acids is 1. The van der Waals surface area contributed by atoms with E-state index in [1.165, 1.54) is 12.1 Å². The van der Waals surface area contributed by atoms with Crippen molar-refractivity contribution in [3.05, 3.63) is 35.6 Å². The zero-order valence-electron chi connectivity index (χ0n) is 12.3. The summed E-state index contributed by atoms with van der Waals surface area (Å²) in [5.74, 6) is 0.161. The van der Waals surface area contributed by atoms with E-state index in [9.17, 15) is 14.3 Å². The highest BCUT2D eigenvalue weighted by atomic mass is 19.1. The first-order chi connectivity index (χ1) is 10.1. The topological polar surface area (TPSA) is 61.4 Å². The highest BCUT2D eigenvalue weighted by molar-refractivity contribution is 5.74. The molecule has 21 heavy (non-hydrogen) atoms. The van der Waals surface area contributed by atoms with Gasteiger partial charge in [-0.15, -0.1) is 0 Å². The van der Waals surface area contributed by atoms with Gasteiger partial charge in [0.05, 0.1) is 12.1 Å². The Morgan fingerprint density at radius 2 is 2.05 bits per heavy atom. The lowest BCUT2D eigenvalue weighted by Gasteiger charge is -2.19. The molecule has 0 aliphatic heterocycles. The number of aliphatic hydroxyl groups is 1. The van der Waals surface area contributed by atoms with E-state index in [2.05, 4.69) is 10.6 Å². The fraction of sp³-hybridized carbons (Fsp3) is 0.562. The van der Waals surface area contributed by atoms with Gasteiger partial charge in [0.15, 0.2) is 0 Å². The molecule has 2 unspecified atom stereocenters. The Kier molecular flexibility index (Phi) is 5.56. The van der Waals surface area contributed by atoms with Gasteiger partial charge in [-0.25, -0.2) is 9.18 Å². The van der Waals surface area contributed by atoms with Gasteiger partial charge < -0.3 is 15.7 Å². The number of benzene rings is 1. The van der Waals surface area contributed by atoms with Crippen molar-refractivity contribution in [1.29, 1.82) is 0 Å². The Hall–Kier alpha value is -1.62. The fourth-order valence-electron chi connectivity index (χ4n) is 2.32. The standard InChI is InChI=1S/C16H23FN2O2/c1-2-14(20)9-10-18-16(21)19-15(11-3-4-11)12-5-7-13(17)8-6-12/h5-8,11,14-15,20H,2-4,9-10H2,1H3,(H2,18,19,21). The number of carbonyl (C=O) groups is 1. The third-order valence-electron chi connectivity index (χ3n) is 3.84. The number of hydrogen-bond donors (Lipinski definition) is 3. The van der Waals surface area contributed by atoms with Crippen LogP contribution < -0.4 is 10.6 Å². The van der Waals surface area contributed by atoms with Crippen LogP contribution in [0, 0.1) is 11.7 Å². The summed E-state index contributed by atoms with van der Waals surface area (Å²) in [4.78, 5) is 11.9. The van der Waals surface area contributed by atoms with Gasteiger partial charge in [-0.3, -0.25) is 0 Å². The molecule has 116 valence electrons. The van der Waals surface area contributed by atoms with Gasteiger partial charge in [-0.1, -0.05) is 19.1 Å². The molecule has 1 aromatic rings. The molecular weight excluding hydrogens is 271 g/mol. The van der Waals surface area contributed by atoms with Crippen molar-refractivity contribution in [2.45, 2.75) is 44.8 Å². The van der Waals surface area contributed by atoms with Gasteiger partial charge in [0, 0.05) is 6.54 Å². The number of halogens is 1. The van der Waals surface area contributed by atoms with Crippen LogP contribution in [0.3, 0.4) is 0 Å². The average molecular weight is 294 g/mol. The number of urea groups is 1. The summed E-state index contributed by atoms with van der Waals surface area (Å²) in [7, 11) is 0. The molecule has 0 saturated heterocycles. The van der Waals surface area contributed by atoms with Crippen LogP contribution in [0.2, 0.25) is 0 Å². The molecule has 0 radical (unpaired) electrons. The number of rotatable bonds is 7. The van der Waals surface area contributed by atoms with E-state index in [1.54, 1.807) is 12.1 Å². The Balaban J connectivity index is 1.85. The third kappa shape index (κ3) is 5.01. The van der Waals surface area contributed by atoms with E-state index >= 15 is 0 Å². The fourth-order valence-corrected chi connectivity index (χ4v) is 2.32. The quantitative estimate of drug-likeness (QED) is 0.724. The molecule has 0 bridgehead atoms. The van der Waals surface area contributed by atoms with Crippen LogP contribution in [0.5, 0.6) is 0 Å². The SMILES string of the molecule is CCC(O)CCNC(=O)NC(c1ccc(F)cc1)C1CC1. The second kappa shape index (κ2) is 7.41. The Morgan fingerprint density at radius 1 is 1.38 bits per heavy atom. The molecule has 4 nitrogen and oxygen atoms in total. The molecule has 2 amide bonds.